The Morgan fingerprint density at radius 3 is 2.59 bits per heavy atom. The number of hydrogen-bond acceptors (Lipinski definition) is 2. The molecule has 2 nitrogen and oxygen atoms in total. The molecular formula is C14H15FN2. The molecular weight excluding hydrogens is 215 g/mol. The summed E-state index contributed by atoms with van der Waals surface area (Å²) in [4.78, 5) is 3.96. The minimum absolute atomic E-state index is 0.127. The monoisotopic (exact) mass is 230 g/mol. The van der Waals surface area contributed by atoms with E-state index in [4.69, 9.17) is 0 Å². The van der Waals surface area contributed by atoms with Crippen LogP contribution in [-0.2, 0) is 13.0 Å². The molecule has 0 atom stereocenters. The van der Waals surface area contributed by atoms with Gasteiger partial charge in [-0.1, -0.05) is 18.2 Å². The van der Waals surface area contributed by atoms with E-state index in [1.165, 1.54) is 11.6 Å². The summed E-state index contributed by atoms with van der Waals surface area (Å²) >= 11 is 0. The van der Waals surface area contributed by atoms with Crippen molar-refractivity contribution < 1.29 is 4.39 Å². The second kappa shape index (κ2) is 6.11. The molecule has 0 aliphatic carbocycles. The van der Waals surface area contributed by atoms with Gasteiger partial charge in [0, 0.05) is 18.9 Å². The normalized spacial score (nSPS) is 10.4. The average Bonchev–Trinajstić information content (AvgIpc) is 2.38. The van der Waals surface area contributed by atoms with Crippen molar-refractivity contribution in [3.05, 3.63) is 65.7 Å². The Labute approximate surface area is 101 Å². The minimum atomic E-state index is -0.127. The molecule has 2 aromatic rings. The smallest absolute Gasteiger partial charge is 0.126 e. The van der Waals surface area contributed by atoms with Crippen LogP contribution in [0.1, 0.15) is 11.1 Å². The van der Waals surface area contributed by atoms with E-state index in [9.17, 15) is 4.39 Å². The van der Waals surface area contributed by atoms with Crippen molar-refractivity contribution in [3.8, 4) is 0 Å². The quantitative estimate of drug-likeness (QED) is 0.798. The van der Waals surface area contributed by atoms with Crippen molar-refractivity contribution in [1.82, 2.24) is 10.3 Å². The first-order valence-corrected chi connectivity index (χ1v) is 5.69. The zero-order chi connectivity index (χ0) is 11.9. The maximum absolute atomic E-state index is 13.3. The molecule has 17 heavy (non-hydrogen) atoms. The number of halogens is 1. The Kier molecular flexibility index (Phi) is 4.22. The molecule has 88 valence electrons. The molecule has 0 amide bonds. The summed E-state index contributed by atoms with van der Waals surface area (Å²) in [6, 6.07) is 10.8. The van der Waals surface area contributed by atoms with E-state index in [0.29, 0.717) is 6.42 Å². The van der Waals surface area contributed by atoms with Crippen LogP contribution in [0.3, 0.4) is 0 Å². The number of rotatable bonds is 5. The lowest BCUT2D eigenvalue weighted by Crippen LogP contribution is -2.17. The third-order valence-corrected chi connectivity index (χ3v) is 2.61. The maximum Gasteiger partial charge on any atom is 0.126 e. The zero-order valence-electron chi connectivity index (χ0n) is 9.57. The van der Waals surface area contributed by atoms with Crippen LogP contribution in [0, 0.1) is 5.82 Å². The highest BCUT2D eigenvalue weighted by molar-refractivity contribution is 5.17. The Morgan fingerprint density at radius 2 is 1.82 bits per heavy atom. The van der Waals surface area contributed by atoms with Crippen LogP contribution in [0.25, 0.3) is 0 Å². The van der Waals surface area contributed by atoms with Gasteiger partial charge in [-0.15, -0.1) is 0 Å². The summed E-state index contributed by atoms with van der Waals surface area (Å²) in [6.07, 6.45) is 4.25. The standard InChI is InChI=1S/C14H15FN2/c15-14-4-2-1-3-13(14)7-10-17-11-12-5-8-16-9-6-12/h1-6,8-9,17H,7,10-11H2. The predicted molar refractivity (Wildman–Crippen MR) is 66.0 cm³/mol. The fraction of sp³-hybridized carbons (Fsp3) is 0.214. The Morgan fingerprint density at radius 1 is 1.06 bits per heavy atom. The largest absolute Gasteiger partial charge is 0.312 e. The number of aromatic nitrogens is 1. The van der Waals surface area contributed by atoms with Crippen molar-refractivity contribution in [3.63, 3.8) is 0 Å². The Bertz CT molecular complexity index is 457. The molecule has 0 fully saturated rings. The first kappa shape index (κ1) is 11.7. The fourth-order valence-electron chi connectivity index (χ4n) is 1.66. The van der Waals surface area contributed by atoms with E-state index in [1.807, 2.05) is 24.3 Å². The number of hydrogen-bond donors (Lipinski definition) is 1. The summed E-state index contributed by atoms with van der Waals surface area (Å²) < 4.78 is 13.3. The van der Waals surface area contributed by atoms with Crippen molar-refractivity contribution in [1.29, 1.82) is 0 Å². The molecule has 3 heteroatoms. The molecule has 1 aromatic heterocycles. The van der Waals surface area contributed by atoms with Gasteiger partial charge >= 0.3 is 0 Å². The van der Waals surface area contributed by atoms with E-state index in [0.717, 1.165) is 18.7 Å². The topological polar surface area (TPSA) is 24.9 Å². The molecule has 1 aromatic carbocycles. The van der Waals surface area contributed by atoms with E-state index in [1.54, 1.807) is 18.5 Å². The van der Waals surface area contributed by atoms with Crippen LogP contribution in [0.5, 0.6) is 0 Å². The molecule has 2 rings (SSSR count). The van der Waals surface area contributed by atoms with Gasteiger partial charge in [-0.2, -0.15) is 0 Å². The summed E-state index contributed by atoms with van der Waals surface area (Å²) in [6.45, 7) is 1.56. The van der Waals surface area contributed by atoms with Crippen LogP contribution in [0.4, 0.5) is 4.39 Å². The highest BCUT2D eigenvalue weighted by Crippen LogP contribution is 2.06. The van der Waals surface area contributed by atoms with Gasteiger partial charge in [0.2, 0.25) is 0 Å². The molecule has 0 aliphatic rings. The average molecular weight is 230 g/mol. The third kappa shape index (κ3) is 3.64. The number of benzene rings is 1. The second-order valence-electron chi connectivity index (χ2n) is 3.87. The molecule has 1 N–H and O–H groups in total. The highest BCUT2D eigenvalue weighted by Gasteiger charge is 1.99. The van der Waals surface area contributed by atoms with Crippen molar-refractivity contribution >= 4 is 0 Å². The summed E-state index contributed by atoms with van der Waals surface area (Å²) in [7, 11) is 0. The van der Waals surface area contributed by atoms with E-state index in [2.05, 4.69) is 10.3 Å². The molecule has 1 heterocycles. The van der Waals surface area contributed by atoms with E-state index >= 15 is 0 Å². The van der Waals surface area contributed by atoms with E-state index < -0.39 is 0 Å². The Balaban J connectivity index is 1.76. The zero-order valence-corrected chi connectivity index (χ0v) is 9.57. The first-order chi connectivity index (χ1) is 8.36. The molecule has 0 spiro atoms. The van der Waals surface area contributed by atoms with Gasteiger partial charge < -0.3 is 5.32 Å². The number of nitrogens with one attached hydrogen (secondary N) is 1. The van der Waals surface area contributed by atoms with Gasteiger partial charge in [0.05, 0.1) is 0 Å². The predicted octanol–water partition coefficient (Wildman–Crippen LogP) is 2.55. The van der Waals surface area contributed by atoms with E-state index in [-0.39, 0.29) is 5.82 Å². The van der Waals surface area contributed by atoms with Crippen LogP contribution in [0.2, 0.25) is 0 Å². The van der Waals surface area contributed by atoms with Gasteiger partial charge in [0.1, 0.15) is 5.82 Å². The van der Waals surface area contributed by atoms with Crippen LogP contribution in [0.15, 0.2) is 48.8 Å². The lowest BCUT2D eigenvalue weighted by molar-refractivity contribution is 0.598. The third-order valence-electron chi connectivity index (χ3n) is 2.61. The van der Waals surface area contributed by atoms with Crippen molar-refractivity contribution in [2.75, 3.05) is 6.54 Å². The fourth-order valence-corrected chi connectivity index (χ4v) is 1.66. The van der Waals surface area contributed by atoms with Gasteiger partial charge in [-0.3, -0.25) is 4.98 Å². The lowest BCUT2D eigenvalue weighted by Gasteiger charge is -2.05. The summed E-state index contributed by atoms with van der Waals surface area (Å²) in [5.41, 5.74) is 1.95. The van der Waals surface area contributed by atoms with Crippen LogP contribution < -0.4 is 5.32 Å². The highest BCUT2D eigenvalue weighted by atomic mass is 19.1. The van der Waals surface area contributed by atoms with Crippen molar-refractivity contribution in [2.45, 2.75) is 13.0 Å². The summed E-state index contributed by atoms with van der Waals surface area (Å²) in [5.74, 6) is -0.127. The van der Waals surface area contributed by atoms with Crippen LogP contribution >= 0.6 is 0 Å². The van der Waals surface area contributed by atoms with Gasteiger partial charge in [0.25, 0.3) is 0 Å². The lowest BCUT2D eigenvalue weighted by atomic mass is 10.1. The van der Waals surface area contributed by atoms with Gasteiger partial charge in [-0.25, -0.2) is 4.39 Å². The van der Waals surface area contributed by atoms with Gasteiger partial charge in [0.15, 0.2) is 0 Å². The molecule has 0 bridgehead atoms. The maximum atomic E-state index is 13.3. The molecule has 0 saturated heterocycles. The SMILES string of the molecule is Fc1ccccc1CCNCc1ccncc1. The minimum Gasteiger partial charge on any atom is -0.312 e. The number of nitrogens with zero attached hydrogens (tertiary/aromatic N) is 1. The number of pyridine rings is 1. The first-order valence-electron chi connectivity index (χ1n) is 5.69. The summed E-state index contributed by atoms with van der Waals surface area (Å²) in [5, 5.41) is 3.28. The van der Waals surface area contributed by atoms with Crippen molar-refractivity contribution in [2.24, 2.45) is 0 Å². The molecule has 0 aliphatic heterocycles. The molecule has 0 radical (unpaired) electrons. The second-order valence-corrected chi connectivity index (χ2v) is 3.87. The van der Waals surface area contributed by atoms with Gasteiger partial charge in [-0.05, 0) is 42.3 Å². The molecule has 0 saturated carbocycles. The Hall–Kier alpha value is -1.74. The van der Waals surface area contributed by atoms with Crippen LogP contribution in [-0.4, -0.2) is 11.5 Å². The molecule has 0 unspecified atom stereocenters.